The van der Waals surface area contributed by atoms with Crippen LogP contribution in [0.15, 0.2) is 11.1 Å². The van der Waals surface area contributed by atoms with Crippen molar-refractivity contribution in [1.29, 1.82) is 0 Å². The van der Waals surface area contributed by atoms with Crippen LogP contribution in [-0.2, 0) is 4.74 Å². The number of aromatic nitrogens is 4. The summed E-state index contributed by atoms with van der Waals surface area (Å²) >= 11 is 0. The second-order valence-electron chi connectivity index (χ2n) is 4.39. The number of rotatable bonds is 2. The van der Waals surface area contributed by atoms with Gasteiger partial charge in [-0.05, 0) is 0 Å². The van der Waals surface area contributed by atoms with Crippen LogP contribution in [0.4, 0.5) is 5.95 Å². The van der Waals surface area contributed by atoms with E-state index in [9.17, 15) is 9.90 Å². The van der Waals surface area contributed by atoms with Crippen LogP contribution in [0.5, 0.6) is 0 Å². The first kappa shape index (κ1) is 14.4. The number of nitrogen functional groups attached to an aromatic ring is 1. The highest BCUT2D eigenvalue weighted by atomic mass is 16.6. The van der Waals surface area contributed by atoms with Gasteiger partial charge in [-0.3, -0.25) is 14.3 Å². The summed E-state index contributed by atoms with van der Waals surface area (Å²) in [6, 6.07) is 0. The molecule has 3 rings (SSSR count). The fourth-order valence-electron chi connectivity index (χ4n) is 2.20. The van der Waals surface area contributed by atoms with Crippen molar-refractivity contribution in [1.82, 2.24) is 19.5 Å². The molecule has 0 spiro atoms. The Labute approximate surface area is 112 Å². The van der Waals surface area contributed by atoms with Crippen LogP contribution in [0.1, 0.15) is 12.6 Å². The molecule has 0 aliphatic carbocycles. The summed E-state index contributed by atoms with van der Waals surface area (Å²) in [5.74, 6) is -0.0171. The van der Waals surface area contributed by atoms with Crippen molar-refractivity contribution < 1.29 is 20.4 Å². The average molecular weight is 286 g/mol. The van der Waals surface area contributed by atoms with Gasteiger partial charge in [-0.25, -0.2) is 4.98 Å². The quantitative estimate of drug-likeness (QED) is 0.442. The van der Waals surface area contributed by atoms with Gasteiger partial charge in [0.2, 0.25) is 5.95 Å². The molecule has 7 N–H and O–H groups in total. The summed E-state index contributed by atoms with van der Waals surface area (Å²) in [4.78, 5) is 22.0. The van der Waals surface area contributed by atoms with Crippen LogP contribution in [0.3, 0.4) is 0 Å². The Morgan fingerprint density at radius 3 is 3.00 bits per heavy atom. The smallest absolute Gasteiger partial charge is 0.280 e. The third-order valence-corrected chi connectivity index (χ3v) is 3.15. The van der Waals surface area contributed by atoms with Gasteiger partial charge in [0.1, 0.15) is 12.3 Å². The van der Waals surface area contributed by atoms with Crippen LogP contribution >= 0.6 is 0 Å². The largest absolute Gasteiger partial charge is 0.412 e. The summed E-state index contributed by atoms with van der Waals surface area (Å²) in [5.41, 5.74) is 5.50. The Morgan fingerprint density at radius 2 is 2.35 bits per heavy atom. The Morgan fingerprint density at radius 1 is 1.60 bits per heavy atom. The predicted molar refractivity (Wildman–Crippen MR) is 67.8 cm³/mol. The summed E-state index contributed by atoms with van der Waals surface area (Å²) in [5, 5.41) is 18.8. The Kier molecular flexibility index (Phi) is 3.72. The highest BCUT2D eigenvalue weighted by Gasteiger charge is 2.35. The number of hydrogen-bond donors (Lipinski definition) is 4. The molecule has 10 nitrogen and oxygen atoms in total. The zero-order valence-electron chi connectivity index (χ0n) is 10.4. The molecule has 2 aromatic rings. The molecule has 0 amide bonds. The van der Waals surface area contributed by atoms with Crippen molar-refractivity contribution in [2.45, 2.75) is 24.9 Å². The van der Waals surface area contributed by atoms with E-state index in [1.165, 1.54) is 10.9 Å². The van der Waals surface area contributed by atoms with Gasteiger partial charge in [-0.15, -0.1) is 0 Å². The third kappa shape index (κ3) is 2.14. The van der Waals surface area contributed by atoms with Crippen LogP contribution in [0, 0.1) is 0 Å². The molecule has 3 heterocycles. The van der Waals surface area contributed by atoms with Crippen LogP contribution < -0.4 is 11.3 Å². The lowest BCUT2D eigenvalue weighted by molar-refractivity contribution is -0.0432. The molecule has 0 saturated carbocycles. The molecule has 0 aromatic carbocycles. The van der Waals surface area contributed by atoms with Gasteiger partial charge < -0.3 is 26.2 Å². The second kappa shape index (κ2) is 5.17. The van der Waals surface area contributed by atoms with Gasteiger partial charge in [0.25, 0.3) is 5.56 Å². The minimum atomic E-state index is -0.771. The number of nitrogens with two attached hydrogens (primary N) is 1. The summed E-state index contributed by atoms with van der Waals surface area (Å²) in [7, 11) is 0. The Hall–Kier alpha value is -2.01. The number of imidazole rings is 1. The zero-order chi connectivity index (χ0) is 13.6. The molecule has 110 valence electrons. The topological polar surface area (TPSA) is 171 Å². The molecule has 0 bridgehead atoms. The van der Waals surface area contributed by atoms with E-state index in [-0.39, 0.29) is 35.6 Å². The highest BCUT2D eigenvalue weighted by molar-refractivity contribution is 5.70. The first-order valence-corrected chi connectivity index (χ1v) is 5.77. The van der Waals surface area contributed by atoms with Crippen molar-refractivity contribution in [3.05, 3.63) is 16.7 Å². The van der Waals surface area contributed by atoms with Crippen LogP contribution in [0.25, 0.3) is 11.2 Å². The van der Waals surface area contributed by atoms with Crippen LogP contribution in [-0.4, -0.2) is 54.0 Å². The maximum atomic E-state index is 11.6. The summed E-state index contributed by atoms with van der Waals surface area (Å²) in [6.07, 6.45) is -0.270. The number of nitrogens with one attached hydrogen (secondary N) is 1. The van der Waals surface area contributed by atoms with E-state index in [0.29, 0.717) is 0 Å². The molecular formula is C10H15N5O5. The Bertz CT molecular complexity index is 668. The fraction of sp³-hybridized carbons (Fsp3) is 0.500. The molecule has 1 saturated heterocycles. The SMILES string of the molecule is Nc1nc2c(ncn2[13C@H]2C[C@H](O)[C@@H](CO)O2)c(=O)[nH]1.O. The average Bonchev–Trinajstić information content (AvgIpc) is 2.92. The second-order valence-corrected chi connectivity index (χ2v) is 4.39. The maximum Gasteiger partial charge on any atom is 0.280 e. The van der Waals surface area contributed by atoms with Crippen molar-refractivity contribution >= 4 is 17.1 Å². The van der Waals surface area contributed by atoms with E-state index in [4.69, 9.17) is 15.6 Å². The number of nitrogens with zero attached hydrogens (tertiary/aromatic N) is 3. The molecule has 1 fully saturated rings. The first-order chi connectivity index (χ1) is 9.10. The lowest BCUT2D eigenvalue weighted by atomic mass is 10.2. The van der Waals surface area contributed by atoms with Crippen molar-refractivity contribution in [2.24, 2.45) is 0 Å². The first-order valence-electron chi connectivity index (χ1n) is 5.77. The number of aliphatic hydroxyl groups is 2. The lowest BCUT2D eigenvalue weighted by Gasteiger charge is -2.13. The van der Waals surface area contributed by atoms with Gasteiger partial charge in [-0.1, -0.05) is 0 Å². The molecule has 0 unspecified atom stereocenters. The zero-order valence-corrected chi connectivity index (χ0v) is 10.4. The maximum absolute atomic E-state index is 11.6. The minimum Gasteiger partial charge on any atom is -0.412 e. The molecule has 20 heavy (non-hydrogen) atoms. The van der Waals surface area contributed by atoms with Gasteiger partial charge in [0, 0.05) is 6.42 Å². The predicted octanol–water partition coefficient (Wildman–Crippen LogP) is -2.48. The lowest BCUT2D eigenvalue weighted by Crippen LogP contribution is -2.24. The highest BCUT2D eigenvalue weighted by Crippen LogP contribution is 2.30. The van der Waals surface area contributed by atoms with Gasteiger partial charge >= 0.3 is 0 Å². The molecule has 3 atom stereocenters. The monoisotopic (exact) mass is 286 g/mol. The summed E-state index contributed by atoms with van der Waals surface area (Å²) < 4.78 is 7.01. The normalized spacial score (nSPS) is 25.8. The number of anilines is 1. The molecule has 0 radical (unpaired) electrons. The van der Waals surface area contributed by atoms with Crippen molar-refractivity contribution in [3.63, 3.8) is 0 Å². The van der Waals surface area contributed by atoms with Crippen molar-refractivity contribution in [2.75, 3.05) is 12.3 Å². The van der Waals surface area contributed by atoms with E-state index < -0.39 is 24.0 Å². The number of aromatic amines is 1. The van der Waals surface area contributed by atoms with E-state index in [1.54, 1.807) is 0 Å². The van der Waals surface area contributed by atoms with E-state index in [1.807, 2.05) is 0 Å². The fourth-order valence-corrected chi connectivity index (χ4v) is 2.20. The minimum absolute atomic E-state index is 0. The van der Waals surface area contributed by atoms with E-state index in [2.05, 4.69) is 15.0 Å². The van der Waals surface area contributed by atoms with E-state index >= 15 is 0 Å². The third-order valence-electron chi connectivity index (χ3n) is 3.15. The number of hydrogen-bond acceptors (Lipinski definition) is 7. The summed E-state index contributed by atoms with van der Waals surface area (Å²) in [6.45, 7) is -0.277. The standard InChI is InChI=1S/C10H13N5O4.H2O/c11-10-13-8-7(9(18)14-10)12-3-15(8)6-1-4(17)5(2-16)19-6;/h3-6,16-17H,1-2H2,(H3,11,13,14,18);1H2/t4-,5+,6+;/m0./s1/i6+1;. The van der Waals surface area contributed by atoms with Gasteiger partial charge in [-0.2, -0.15) is 4.98 Å². The number of H-pyrrole nitrogens is 1. The molecule has 2 aromatic heterocycles. The molecular weight excluding hydrogens is 271 g/mol. The Balaban J connectivity index is 0.00000147. The molecule has 1 aliphatic heterocycles. The number of fused-ring (bicyclic) bond motifs is 1. The van der Waals surface area contributed by atoms with Gasteiger partial charge in [0.05, 0.1) is 19.0 Å². The van der Waals surface area contributed by atoms with Gasteiger partial charge in [0.15, 0.2) is 11.2 Å². The molecule has 10 heteroatoms. The number of ether oxygens (including phenoxy) is 1. The number of aliphatic hydroxyl groups excluding tert-OH is 2. The molecule has 1 aliphatic rings. The van der Waals surface area contributed by atoms with Crippen molar-refractivity contribution in [3.8, 4) is 0 Å². The van der Waals surface area contributed by atoms with Crippen LogP contribution in [0.2, 0.25) is 0 Å². The van der Waals surface area contributed by atoms with E-state index in [0.717, 1.165) is 0 Å².